The molecule has 5 fully saturated rings. The van der Waals surface area contributed by atoms with Crippen LogP contribution in [0.4, 0.5) is 0 Å². The SMILES string of the molecule is CC(C)=CCC[C@@H](C)[C@@H]1[C@H](O)C[C@@]2(C)[C@@H]3CC[C@@H]4C(C)(C)C(=O)CC[C@@]45C[C@@]35CC[C@]12C. The van der Waals surface area contributed by atoms with E-state index in [1.54, 1.807) is 0 Å². The van der Waals surface area contributed by atoms with Gasteiger partial charge in [0.05, 0.1) is 6.10 Å². The van der Waals surface area contributed by atoms with Gasteiger partial charge in [0, 0.05) is 11.8 Å². The molecule has 0 saturated heterocycles. The fourth-order valence-electron chi connectivity index (χ4n) is 11.1. The van der Waals surface area contributed by atoms with Gasteiger partial charge in [-0.2, -0.15) is 0 Å². The van der Waals surface area contributed by atoms with Gasteiger partial charge in [-0.3, -0.25) is 4.79 Å². The van der Waals surface area contributed by atoms with Gasteiger partial charge in [0.1, 0.15) is 5.78 Å². The monoisotopic (exact) mass is 440 g/mol. The van der Waals surface area contributed by atoms with E-state index in [0.717, 1.165) is 31.6 Å². The third-order valence-electron chi connectivity index (χ3n) is 12.7. The van der Waals surface area contributed by atoms with Crippen LogP contribution in [0, 0.1) is 50.7 Å². The number of Topliss-reactive ketones (excluding diaryl/α,β-unsaturated/α-hetero) is 1. The molecular formula is C30H48O2. The van der Waals surface area contributed by atoms with Gasteiger partial charge in [0.2, 0.25) is 0 Å². The van der Waals surface area contributed by atoms with Gasteiger partial charge in [-0.25, -0.2) is 0 Å². The molecule has 2 spiro atoms. The maximum absolute atomic E-state index is 12.8. The highest BCUT2D eigenvalue weighted by Crippen LogP contribution is 2.88. The summed E-state index contributed by atoms with van der Waals surface area (Å²) in [5.41, 5.74) is 2.64. The van der Waals surface area contributed by atoms with E-state index in [-0.39, 0.29) is 22.3 Å². The van der Waals surface area contributed by atoms with Crippen molar-refractivity contribution in [1.29, 1.82) is 0 Å². The molecule has 9 atom stereocenters. The Balaban J connectivity index is 1.44. The van der Waals surface area contributed by atoms with Crippen molar-refractivity contribution in [3.63, 3.8) is 0 Å². The minimum Gasteiger partial charge on any atom is -0.393 e. The molecule has 0 aromatic carbocycles. The van der Waals surface area contributed by atoms with E-state index in [9.17, 15) is 9.90 Å². The summed E-state index contributed by atoms with van der Waals surface area (Å²) in [6, 6.07) is 0. The van der Waals surface area contributed by atoms with E-state index in [4.69, 9.17) is 0 Å². The lowest BCUT2D eigenvalue weighted by atomic mass is 9.42. The molecule has 0 amide bonds. The first kappa shape index (κ1) is 23.1. The second-order valence-corrected chi connectivity index (χ2v) is 14.3. The van der Waals surface area contributed by atoms with Crippen LogP contribution >= 0.6 is 0 Å². The molecule has 0 aromatic heterocycles. The molecule has 0 aromatic rings. The number of carbonyl (C=O) groups is 1. The van der Waals surface area contributed by atoms with Crippen molar-refractivity contribution >= 4 is 5.78 Å². The Morgan fingerprint density at radius 2 is 1.69 bits per heavy atom. The second kappa shape index (κ2) is 6.96. The topological polar surface area (TPSA) is 37.3 Å². The Kier molecular flexibility index (Phi) is 5.03. The highest BCUT2D eigenvalue weighted by molar-refractivity contribution is 5.86. The van der Waals surface area contributed by atoms with Crippen LogP contribution in [0.15, 0.2) is 11.6 Å². The molecule has 0 aliphatic heterocycles. The van der Waals surface area contributed by atoms with Gasteiger partial charge in [0.15, 0.2) is 0 Å². The Morgan fingerprint density at radius 3 is 2.38 bits per heavy atom. The molecule has 5 saturated carbocycles. The van der Waals surface area contributed by atoms with Crippen LogP contribution in [0.1, 0.15) is 113 Å². The second-order valence-electron chi connectivity index (χ2n) is 14.3. The van der Waals surface area contributed by atoms with E-state index in [0.29, 0.717) is 34.4 Å². The zero-order chi connectivity index (χ0) is 23.3. The van der Waals surface area contributed by atoms with Crippen molar-refractivity contribution in [2.45, 2.75) is 119 Å². The van der Waals surface area contributed by atoms with E-state index in [1.165, 1.54) is 44.1 Å². The summed E-state index contributed by atoms with van der Waals surface area (Å²) in [6.07, 6.45) is 14.0. The molecule has 0 radical (unpaired) electrons. The Hall–Kier alpha value is -0.630. The fraction of sp³-hybridized carbons (Fsp3) is 0.900. The zero-order valence-corrected chi connectivity index (χ0v) is 21.9. The van der Waals surface area contributed by atoms with Gasteiger partial charge in [0.25, 0.3) is 0 Å². The minimum atomic E-state index is -0.154. The number of ketones is 1. The predicted molar refractivity (Wildman–Crippen MR) is 131 cm³/mol. The maximum Gasteiger partial charge on any atom is 0.138 e. The molecule has 0 unspecified atom stereocenters. The van der Waals surface area contributed by atoms with Crippen LogP contribution < -0.4 is 0 Å². The molecule has 2 nitrogen and oxygen atoms in total. The first-order valence-electron chi connectivity index (χ1n) is 13.7. The maximum atomic E-state index is 12.8. The molecule has 5 rings (SSSR count). The van der Waals surface area contributed by atoms with Crippen LogP contribution in [-0.2, 0) is 4.79 Å². The summed E-state index contributed by atoms with van der Waals surface area (Å²) in [6.45, 7) is 16.4. The Bertz CT molecular complexity index is 836. The molecule has 2 heteroatoms. The van der Waals surface area contributed by atoms with Gasteiger partial charge in [-0.15, -0.1) is 0 Å². The predicted octanol–water partition coefficient (Wildman–Crippen LogP) is 7.35. The number of aliphatic hydroxyl groups is 1. The third-order valence-corrected chi connectivity index (χ3v) is 12.7. The van der Waals surface area contributed by atoms with Crippen LogP contribution in [0.2, 0.25) is 0 Å². The number of carbonyl (C=O) groups excluding carboxylic acids is 1. The summed E-state index contributed by atoms with van der Waals surface area (Å²) in [5, 5.41) is 11.5. The number of hydrogen-bond acceptors (Lipinski definition) is 2. The number of rotatable bonds is 4. The fourth-order valence-corrected chi connectivity index (χ4v) is 11.1. The summed E-state index contributed by atoms with van der Waals surface area (Å²) >= 11 is 0. The highest BCUT2D eigenvalue weighted by atomic mass is 16.3. The zero-order valence-electron chi connectivity index (χ0n) is 21.9. The lowest BCUT2D eigenvalue weighted by Crippen LogP contribution is -2.57. The largest absolute Gasteiger partial charge is 0.393 e. The minimum absolute atomic E-state index is 0.133. The highest BCUT2D eigenvalue weighted by Gasteiger charge is 2.82. The first-order chi connectivity index (χ1) is 14.9. The van der Waals surface area contributed by atoms with Gasteiger partial charge in [-0.05, 0) is 117 Å². The van der Waals surface area contributed by atoms with Gasteiger partial charge in [-0.1, -0.05) is 46.3 Å². The lowest BCUT2D eigenvalue weighted by Gasteiger charge is -2.62. The normalized spacial score (nSPS) is 51.7. The Labute approximate surface area is 197 Å². The molecular weight excluding hydrogens is 392 g/mol. The standard InChI is InChI=1S/C30H48O2/c1-19(2)9-8-10-20(3)25-21(31)17-28(7)23-12-11-22-26(4,5)24(32)13-14-29(22)18-30(23,29)16-15-27(25,28)6/h9,20-23,25,31H,8,10-18H2,1-7H3/t20-,21-,22-,23+,25-,27-,28+,29-,30+/m1/s1. The van der Waals surface area contributed by atoms with Crippen molar-refractivity contribution in [2.24, 2.45) is 50.7 Å². The first-order valence-corrected chi connectivity index (χ1v) is 13.7. The van der Waals surface area contributed by atoms with Crippen LogP contribution in [0.25, 0.3) is 0 Å². The smallest absolute Gasteiger partial charge is 0.138 e. The number of hydrogen-bond donors (Lipinski definition) is 1. The molecule has 1 N–H and O–H groups in total. The van der Waals surface area contributed by atoms with E-state index < -0.39 is 0 Å². The van der Waals surface area contributed by atoms with Crippen molar-refractivity contribution in [2.75, 3.05) is 0 Å². The molecule has 180 valence electrons. The van der Waals surface area contributed by atoms with Crippen molar-refractivity contribution in [3.8, 4) is 0 Å². The lowest BCUT2D eigenvalue weighted by molar-refractivity contribution is -0.157. The number of aliphatic hydroxyl groups excluding tert-OH is 1. The number of allylic oxidation sites excluding steroid dienone is 2. The Morgan fingerprint density at radius 1 is 1.03 bits per heavy atom. The van der Waals surface area contributed by atoms with Crippen molar-refractivity contribution in [1.82, 2.24) is 0 Å². The summed E-state index contributed by atoms with van der Waals surface area (Å²) in [4.78, 5) is 12.8. The third kappa shape index (κ3) is 2.65. The van der Waals surface area contributed by atoms with Crippen molar-refractivity contribution in [3.05, 3.63) is 11.6 Å². The molecule has 32 heavy (non-hydrogen) atoms. The van der Waals surface area contributed by atoms with Crippen LogP contribution in [0.3, 0.4) is 0 Å². The molecule has 0 heterocycles. The summed E-state index contributed by atoms with van der Waals surface area (Å²) < 4.78 is 0. The summed E-state index contributed by atoms with van der Waals surface area (Å²) in [7, 11) is 0. The van der Waals surface area contributed by atoms with E-state index in [1.807, 2.05) is 0 Å². The van der Waals surface area contributed by atoms with Crippen LogP contribution in [0.5, 0.6) is 0 Å². The summed E-state index contributed by atoms with van der Waals surface area (Å²) in [5.74, 6) is 2.83. The van der Waals surface area contributed by atoms with Crippen LogP contribution in [-0.4, -0.2) is 17.0 Å². The van der Waals surface area contributed by atoms with E-state index >= 15 is 0 Å². The molecule has 0 bridgehead atoms. The number of fused-ring (bicyclic) bond motifs is 2. The van der Waals surface area contributed by atoms with Crippen molar-refractivity contribution < 1.29 is 9.90 Å². The molecule has 5 aliphatic carbocycles. The van der Waals surface area contributed by atoms with Gasteiger partial charge < -0.3 is 5.11 Å². The van der Waals surface area contributed by atoms with E-state index in [2.05, 4.69) is 54.5 Å². The quantitative estimate of drug-likeness (QED) is 0.464. The molecule has 5 aliphatic rings. The average molecular weight is 441 g/mol. The van der Waals surface area contributed by atoms with Gasteiger partial charge >= 0.3 is 0 Å². The average Bonchev–Trinajstić information content (AvgIpc) is 3.30.